The number of halogens is 3. The molecule has 9 nitrogen and oxygen atoms in total. The third kappa shape index (κ3) is 5.71. The summed E-state index contributed by atoms with van der Waals surface area (Å²) in [5, 5.41) is 4.91. The lowest BCUT2D eigenvalue weighted by Gasteiger charge is -2.29. The molecule has 3 amide bonds. The van der Waals surface area contributed by atoms with Gasteiger partial charge in [0.1, 0.15) is 11.5 Å². The van der Waals surface area contributed by atoms with Gasteiger partial charge in [-0.2, -0.15) is 0 Å². The molecular weight excluding hydrogens is 472 g/mol. The number of anilines is 1. The number of nitrogens with zero attached hydrogens (tertiary/aromatic N) is 2. The van der Waals surface area contributed by atoms with Crippen molar-refractivity contribution in [1.82, 2.24) is 14.9 Å². The minimum atomic E-state index is -0.956. The number of nitrogens with one attached hydrogen (secondary N) is 2. The SMILES string of the molecule is COCC(C)NC(=O)c1ncn([C@H]2CC[C@H](C(=O)Nc3c(F)cc(F)cc3Cl)CC2)c1C(N)=O. The zero-order chi connectivity index (χ0) is 25.0. The number of hydrogen-bond donors (Lipinski definition) is 3. The van der Waals surface area contributed by atoms with Gasteiger partial charge in [0.2, 0.25) is 5.91 Å². The number of carbonyl (C=O) groups is 3. The van der Waals surface area contributed by atoms with Crippen molar-refractivity contribution in [3.63, 3.8) is 0 Å². The highest BCUT2D eigenvalue weighted by atomic mass is 35.5. The number of imidazole rings is 1. The van der Waals surface area contributed by atoms with Crippen molar-refractivity contribution < 1.29 is 27.9 Å². The molecule has 0 radical (unpaired) electrons. The molecular formula is C22H26ClF2N5O4. The molecule has 1 aliphatic rings. The first-order valence-corrected chi connectivity index (χ1v) is 11.1. The lowest BCUT2D eigenvalue weighted by Crippen LogP contribution is -2.37. The predicted octanol–water partition coefficient (Wildman–Crippen LogP) is 3.05. The van der Waals surface area contributed by atoms with Gasteiger partial charge in [-0.25, -0.2) is 13.8 Å². The zero-order valence-corrected chi connectivity index (χ0v) is 19.5. The van der Waals surface area contributed by atoms with E-state index in [1.165, 1.54) is 13.4 Å². The predicted molar refractivity (Wildman–Crippen MR) is 121 cm³/mol. The summed E-state index contributed by atoms with van der Waals surface area (Å²) in [7, 11) is 1.51. The number of amides is 3. The second-order valence-electron chi connectivity index (χ2n) is 8.28. The molecule has 0 saturated heterocycles. The minimum absolute atomic E-state index is 0.00446. The van der Waals surface area contributed by atoms with Gasteiger partial charge in [-0.1, -0.05) is 11.6 Å². The summed E-state index contributed by atoms with van der Waals surface area (Å²) in [5.74, 6) is -3.99. The van der Waals surface area contributed by atoms with Crippen LogP contribution in [0, 0.1) is 17.6 Å². The van der Waals surface area contributed by atoms with Crippen LogP contribution < -0.4 is 16.4 Å². The van der Waals surface area contributed by atoms with E-state index in [1.54, 1.807) is 11.5 Å². The summed E-state index contributed by atoms with van der Waals surface area (Å²) in [6, 6.07) is 1.07. The molecule has 2 aromatic rings. The van der Waals surface area contributed by atoms with Gasteiger partial charge >= 0.3 is 0 Å². The quantitative estimate of drug-likeness (QED) is 0.516. The molecule has 184 valence electrons. The molecule has 1 atom stereocenters. The first-order valence-electron chi connectivity index (χ1n) is 10.7. The smallest absolute Gasteiger partial charge is 0.272 e. The number of methoxy groups -OCH3 is 1. The lowest BCUT2D eigenvalue weighted by molar-refractivity contribution is -0.121. The summed E-state index contributed by atoms with van der Waals surface area (Å²) < 4.78 is 33.8. The van der Waals surface area contributed by atoms with Crippen molar-refractivity contribution >= 4 is 35.0 Å². The Morgan fingerprint density at radius 1 is 1.26 bits per heavy atom. The van der Waals surface area contributed by atoms with E-state index in [-0.39, 0.29) is 40.8 Å². The highest BCUT2D eigenvalue weighted by Gasteiger charge is 2.32. The highest BCUT2D eigenvalue weighted by molar-refractivity contribution is 6.33. The maximum Gasteiger partial charge on any atom is 0.272 e. The molecule has 0 spiro atoms. The molecule has 4 N–H and O–H groups in total. The Labute approximate surface area is 200 Å². The molecule has 1 aromatic carbocycles. The topological polar surface area (TPSA) is 128 Å². The number of benzene rings is 1. The lowest BCUT2D eigenvalue weighted by atomic mass is 9.85. The van der Waals surface area contributed by atoms with Gasteiger partial charge in [0.15, 0.2) is 11.5 Å². The molecule has 1 saturated carbocycles. The second kappa shape index (κ2) is 10.9. The fraction of sp³-hybridized carbons (Fsp3) is 0.455. The Kier molecular flexibility index (Phi) is 8.21. The Hall–Kier alpha value is -3.05. The van der Waals surface area contributed by atoms with Gasteiger partial charge in [-0.15, -0.1) is 0 Å². The van der Waals surface area contributed by atoms with E-state index in [0.29, 0.717) is 31.7 Å². The summed E-state index contributed by atoms with van der Waals surface area (Å²) in [4.78, 5) is 41.5. The van der Waals surface area contributed by atoms with Crippen LogP contribution in [0.15, 0.2) is 18.5 Å². The Balaban J connectivity index is 1.68. The number of primary amides is 1. The van der Waals surface area contributed by atoms with Crippen molar-refractivity contribution in [1.29, 1.82) is 0 Å². The molecule has 34 heavy (non-hydrogen) atoms. The van der Waals surface area contributed by atoms with Crippen molar-refractivity contribution in [2.45, 2.75) is 44.7 Å². The minimum Gasteiger partial charge on any atom is -0.383 e. The van der Waals surface area contributed by atoms with Crippen LogP contribution in [0.5, 0.6) is 0 Å². The Morgan fingerprint density at radius 2 is 1.94 bits per heavy atom. The van der Waals surface area contributed by atoms with Crippen LogP contribution in [0.2, 0.25) is 5.02 Å². The van der Waals surface area contributed by atoms with E-state index < -0.39 is 35.3 Å². The second-order valence-corrected chi connectivity index (χ2v) is 8.69. The molecule has 1 unspecified atom stereocenters. The summed E-state index contributed by atoms with van der Waals surface area (Å²) in [5.41, 5.74) is 5.21. The third-order valence-corrected chi connectivity index (χ3v) is 6.05. The molecule has 1 fully saturated rings. The molecule has 1 heterocycles. The van der Waals surface area contributed by atoms with Crippen molar-refractivity contribution in [2.75, 3.05) is 19.0 Å². The maximum absolute atomic E-state index is 14.0. The number of hydrogen-bond acceptors (Lipinski definition) is 5. The first-order chi connectivity index (χ1) is 16.1. The van der Waals surface area contributed by atoms with Crippen LogP contribution >= 0.6 is 11.6 Å². The van der Waals surface area contributed by atoms with Crippen LogP contribution in [-0.4, -0.2) is 47.0 Å². The first kappa shape index (κ1) is 25.6. The number of ether oxygens (including phenoxy) is 1. The van der Waals surface area contributed by atoms with Gasteiger partial charge in [0.25, 0.3) is 11.8 Å². The Bertz CT molecular complexity index is 1060. The largest absolute Gasteiger partial charge is 0.383 e. The van der Waals surface area contributed by atoms with E-state index >= 15 is 0 Å². The van der Waals surface area contributed by atoms with Crippen molar-refractivity contribution in [3.8, 4) is 0 Å². The van der Waals surface area contributed by atoms with Crippen molar-refractivity contribution in [3.05, 3.63) is 46.5 Å². The van der Waals surface area contributed by atoms with Crippen LogP contribution in [0.3, 0.4) is 0 Å². The average molecular weight is 498 g/mol. The molecule has 1 aliphatic carbocycles. The number of nitrogens with two attached hydrogens (primary N) is 1. The number of aromatic nitrogens is 2. The monoisotopic (exact) mass is 497 g/mol. The highest BCUT2D eigenvalue weighted by Crippen LogP contribution is 2.35. The van der Waals surface area contributed by atoms with E-state index in [4.69, 9.17) is 22.1 Å². The zero-order valence-electron chi connectivity index (χ0n) is 18.7. The van der Waals surface area contributed by atoms with E-state index in [2.05, 4.69) is 15.6 Å². The standard InChI is InChI=1S/C22H26ClF2N5O4/c1-11(9-34-2)28-22(33)18-19(20(26)31)30(10-27-18)14-5-3-12(4-6-14)21(32)29-17-15(23)7-13(24)8-16(17)25/h7-8,10-12,14H,3-6,9H2,1-2H3,(H2,26,31)(H,28,33)(H,29,32)/t11?,12-,14-. The van der Waals surface area contributed by atoms with E-state index in [1.807, 2.05) is 0 Å². The summed E-state index contributed by atoms with van der Waals surface area (Å²) in [6.45, 7) is 2.04. The fourth-order valence-corrected chi connectivity index (χ4v) is 4.38. The van der Waals surface area contributed by atoms with Crippen LogP contribution in [0.1, 0.15) is 59.6 Å². The average Bonchev–Trinajstić information content (AvgIpc) is 3.22. The molecule has 3 rings (SSSR count). The van der Waals surface area contributed by atoms with Crippen LogP contribution in [-0.2, 0) is 9.53 Å². The Morgan fingerprint density at radius 3 is 2.53 bits per heavy atom. The van der Waals surface area contributed by atoms with E-state index in [0.717, 1.165) is 6.07 Å². The molecule has 0 bridgehead atoms. The number of carbonyl (C=O) groups excluding carboxylic acids is 3. The molecule has 1 aromatic heterocycles. The maximum atomic E-state index is 14.0. The summed E-state index contributed by atoms with van der Waals surface area (Å²) >= 11 is 5.86. The van der Waals surface area contributed by atoms with Gasteiger partial charge in [0, 0.05) is 31.2 Å². The van der Waals surface area contributed by atoms with Crippen molar-refractivity contribution in [2.24, 2.45) is 11.7 Å². The summed E-state index contributed by atoms with van der Waals surface area (Å²) in [6.07, 6.45) is 3.25. The van der Waals surface area contributed by atoms with Gasteiger partial charge in [-0.3, -0.25) is 14.4 Å². The normalized spacial score (nSPS) is 18.9. The van der Waals surface area contributed by atoms with Gasteiger partial charge < -0.3 is 25.7 Å². The van der Waals surface area contributed by atoms with E-state index in [9.17, 15) is 23.2 Å². The van der Waals surface area contributed by atoms with Gasteiger partial charge in [0.05, 0.1) is 23.6 Å². The van der Waals surface area contributed by atoms with Gasteiger partial charge in [-0.05, 0) is 38.7 Å². The molecule has 0 aliphatic heterocycles. The fourth-order valence-electron chi connectivity index (χ4n) is 4.13. The number of rotatable bonds is 8. The van der Waals surface area contributed by atoms with Crippen LogP contribution in [0.4, 0.5) is 14.5 Å². The third-order valence-electron chi connectivity index (χ3n) is 5.75. The molecule has 12 heteroatoms. The van der Waals surface area contributed by atoms with Crippen LogP contribution in [0.25, 0.3) is 0 Å².